The third kappa shape index (κ3) is 5.02. The Hall–Kier alpha value is -2.72. The van der Waals surface area contributed by atoms with Gasteiger partial charge in [0, 0.05) is 36.0 Å². The molecule has 10 heteroatoms. The van der Waals surface area contributed by atoms with Gasteiger partial charge in [-0.2, -0.15) is 0 Å². The second-order valence-corrected chi connectivity index (χ2v) is 9.63. The van der Waals surface area contributed by atoms with Gasteiger partial charge in [0.1, 0.15) is 10.9 Å². The van der Waals surface area contributed by atoms with Crippen LogP contribution in [0.1, 0.15) is 18.9 Å². The summed E-state index contributed by atoms with van der Waals surface area (Å²) in [5, 5.41) is 3.25. The van der Waals surface area contributed by atoms with Crippen molar-refractivity contribution in [3.8, 4) is 0 Å². The number of halogens is 1. The maximum Gasteiger partial charge on any atom is 0.267 e. The van der Waals surface area contributed by atoms with Gasteiger partial charge in [-0.05, 0) is 37.6 Å². The Morgan fingerprint density at radius 1 is 1.12 bits per heavy atom. The Kier molecular flexibility index (Phi) is 7.67. The van der Waals surface area contributed by atoms with Gasteiger partial charge in [0.15, 0.2) is 0 Å². The molecular weight excluding hydrogens is 494 g/mol. The van der Waals surface area contributed by atoms with Crippen LogP contribution in [-0.2, 0) is 19.1 Å². The van der Waals surface area contributed by atoms with Crippen molar-refractivity contribution in [2.24, 2.45) is 0 Å². The molecule has 0 saturated carbocycles. The quantitative estimate of drug-likeness (QED) is 0.320. The number of thioether (sulfide) groups is 1. The molecule has 7 nitrogen and oxygen atoms in total. The second kappa shape index (κ2) is 10.7. The molecule has 1 fully saturated rings. The minimum Gasteiger partial charge on any atom is -0.382 e. The normalized spacial score (nSPS) is 17.5. The molecule has 1 saturated heterocycles. The lowest BCUT2D eigenvalue weighted by Crippen LogP contribution is -2.35. The number of fused-ring (bicyclic) bond motifs is 1. The maximum atomic E-state index is 13.5. The summed E-state index contributed by atoms with van der Waals surface area (Å²) in [4.78, 5) is 42.6. The van der Waals surface area contributed by atoms with Crippen LogP contribution in [0.15, 0.2) is 53.4 Å². The highest BCUT2D eigenvalue weighted by atomic mass is 35.5. The third-order valence-electron chi connectivity index (χ3n) is 5.28. The number of para-hydroxylation sites is 1. The van der Waals surface area contributed by atoms with E-state index in [0.717, 1.165) is 11.8 Å². The van der Waals surface area contributed by atoms with E-state index in [2.05, 4.69) is 5.32 Å². The molecule has 4 rings (SSSR count). The lowest BCUT2D eigenvalue weighted by molar-refractivity contribution is -0.122. The van der Waals surface area contributed by atoms with E-state index in [1.807, 2.05) is 6.92 Å². The van der Waals surface area contributed by atoms with Crippen LogP contribution in [0.25, 0.3) is 5.57 Å². The fraction of sp³-hybridized carbons (Fsp3) is 0.250. The summed E-state index contributed by atoms with van der Waals surface area (Å²) in [6.45, 7) is 3.25. The Labute approximate surface area is 212 Å². The van der Waals surface area contributed by atoms with Gasteiger partial charge < -0.3 is 10.1 Å². The molecule has 3 amide bonds. The third-order valence-corrected chi connectivity index (χ3v) is 6.97. The van der Waals surface area contributed by atoms with E-state index in [9.17, 15) is 14.4 Å². The monoisotopic (exact) mass is 515 g/mol. The molecule has 0 spiro atoms. The van der Waals surface area contributed by atoms with Gasteiger partial charge in [0.05, 0.1) is 16.2 Å². The van der Waals surface area contributed by atoms with Crippen LogP contribution in [0, 0.1) is 0 Å². The van der Waals surface area contributed by atoms with E-state index < -0.39 is 5.91 Å². The number of ether oxygens (including phenoxy) is 1. The number of carbonyl (C=O) groups excluding carboxylic acids is 3. The van der Waals surface area contributed by atoms with Crippen LogP contribution in [0.4, 0.5) is 11.4 Å². The van der Waals surface area contributed by atoms with Gasteiger partial charge in [-0.25, -0.2) is 0 Å². The number of benzene rings is 2. The van der Waals surface area contributed by atoms with Crippen molar-refractivity contribution in [2.75, 3.05) is 36.5 Å². The van der Waals surface area contributed by atoms with E-state index in [0.29, 0.717) is 52.5 Å². The summed E-state index contributed by atoms with van der Waals surface area (Å²) in [6, 6.07) is 13.9. The number of thiocarbonyl (C=S) groups is 1. The SMILES string of the molecule is CCOCCCN1C(=O)C(=C2C(=O)N(CC(=O)Nc3cccc(Cl)c3)c3ccccc32)SC1=S. The molecular formula is C24H22ClN3O4S2. The number of nitrogens with one attached hydrogen (secondary N) is 1. The van der Waals surface area contributed by atoms with E-state index >= 15 is 0 Å². The smallest absolute Gasteiger partial charge is 0.267 e. The molecule has 0 aliphatic carbocycles. The number of carbonyl (C=O) groups is 3. The highest BCUT2D eigenvalue weighted by Gasteiger charge is 2.42. The van der Waals surface area contributed by atoms with Gasteiger partial charge in [-0.3, -0.25) is 24.2 Å². The van der Waals surface area contributed by atoms with Crippen LogP contribution >= 0.6 is 35.6 Å². The van der Waals surface area contributed by atoms with Crippen molar-refractivity contribution in [1.29, 1.82) is 0 Å². The van der Waals surface area contributed by atoms with Crippen LogP contribution in [0.5, 0.6) is 0 Å². The summed E-state index contributed by atoms with van der Waals surface area (Å²) in [5.41, 5.74) is 1.99. The minimum atomic E-state index is -0.405. The average Bonchev–Trinajstić information content (AvgIpc) is 3.24. The molecule has 0 radical (unpaired) electrons. The summed E-state index contributed by atoms with van der Waals surface area (Å²) < 4.78 is 5.76. The summed E-state index contributed by atoms with van der Waals surface area (Å²) in [6.07, 6.45) is 0.642. The van der Waals surface area contributed by atoms with Crippen LogP contribution in [0.3, 0.4) is 0 Å². The van der Waals surface area contributed by atoms with Gasteiger partial charge in [-0.1, -0.05) is 59.8 Å². The average molecular weight is 516 g/mol. The molecule has 2 aliphatic heterocycles. The van der Waals surface area contributed by atoms with Crippen molar-refractivity contribution < 1.29 is 19.1 Å². The molecule has 0 unspecified atom stereocenters. The fourth-order valence-electron chi connectivity index (χ4n) is 3.78. The molecule has 0 aromatic heterocycles. The number of rotatable bonds is 8. The Morgan fingerprint density at radius 3 is 2.68 bits per heavy atom. The largest absolute Gasteiger partial charge is 0.382 e. The van der Waals surface area contributed by atoms with Crippen molar-refractivity contribution in [3.05, 3.63) is 64.0 Å². The lowest BCUT2D eigenvalue weighted by Gasteiger charge is -2.17. The molecule has 2 aromatic rings. The second-order valence-electron chi connectivity index (χ2n) is 7.55. The van der Waals surface area contributed by atoms with Crippen LogP contribution < -0.4 is 10.2 Å². The molecule has 1 N–H and O–H groups in total. The lowest BCUT2D eigenvalue weighted by atomic mass is 10.1. The van der Waals surface area contributed by atoms with Gasteiger partial charge in [-0.15, -0.1) is 0 Å². The Balaban J connectivity index is 1.57. The van der Waals surface area contributed by atoms with Crippen molar-refractivity contribution in [1.82, 2.24) is 4.90 Å². The predicted octanol–water partition coefficient (Wildman–Crippen LogP) is 4.32. The molecule has 2 heterocycles. The standard InChI is InChI=1S/C24H22ClN3O4S2/c1-2-32-12-6-11-27-23(31)21(34-24(27)33)20-17-9-3-4-10-18(17)28(22(20)30)14-19(29)26-16-8-5-7-15(25)13-16/h3-5,7-10,13H,2,6,11-12,14H2,1H3,(H,26,29). The zero-order valence-electron chi connectivity index (χ0n) is 18.4. The minimum absolute atomic E-state index is 0.208. The molecule has 176 valence electrons. The van der Waals surface area contributed by atoms with Crippen LogP contribution in [0.2, 0.25) is 5.02 Å². The molecule has 34 heavy (non-hydrogen) atoms. The summed E-state index contributed by atoms with van der Waals surface area (Å²) >= 11 is 12.5. The summed E-state index contributed by atoms with van der Waals surface area (Å²) in [5.74, 6) is -1.08. The number of hydrogen-bond acceptors (Lipinski definition) is 6. The number of nitrogens with zero attached hydrogens (tertiary/aromatic N) is 2. The first kappa shape index (κ1) is 24.4. The number of amides is 3. The molecule has 2 aromatic carbocycles. The topological polar surface area (TPSA) is 79.0 Å². The zero-order chi connectivity index (χ0) is 24.2. The van der Waals surface area contributed by atoms with Gasteiger partial charge in [0.25, 0.3) is 11.8 Å². The fourth-order valence-corrected chi connectivity index (χ4v) is 5.35. The van der Waals surface area contributed by atoms with E-state index in [4.69, 9.17) is 28.6 Å². The Morgan fingerprint density at radius 2 is 1.91 bits per heavy atom. The van der Waals surface area contributed by atoms with Crippen molar-refractivity contribution in [3.63, 3.8) is 0 Å². The van der Waals surface area contributed by atoms with Crippen molar-refractivity contribution in [2.45, 2.75) is 13.3 Å². The van der Waals surface area contributed by atoms with Gasteiger partial charge in [0.2, 0.25) is 5.91 Å². The molecule has 0 bridgehead atoms. The van der Waals surface area contributed by atoms with Gasteiger partial charge >= 0.3 is 0 Å². The molecule has 0 atom stereocenters. The van der Waals surface area contributed by atoms with Crippen LogP contribution in [-0.4, -0.2) is 53.2 Å². The zero-order valence-corrected chi connectivity index (χ0v) is 20.8. The predicted molar refractivity (Wildman–Crippen MR) is 139 cm³/mol. The summed E-state index contributed by atoms with van der Waals surface area (Å²) in [7, 11) is 0. The van der Waals surface area contributed by atoms with Crippen molar-refractivity contribution >= 4 is 74.6 Å². The number of anilines is 2. The highest BCUT2D eigenvalue weighted by Crippen LogP contribution is 2.44. The first-order valence-corrected chi connectivity index (χ1v) is 12.3. The Bertz CT molecular complexity index is 1200. The maximum absolute atomic E-state index is 13.5. The first-order chi connectivity index (χ1) is 16.4. The highest BCUT2D eigenvalue weighted by molar-refractivity contribution is 8.26. The van der Waals surface area contributed by atoms with E-state index in [1.54, 1.807) is 48.5 Å². The molecule has 2 aliphatic rings. The van der Waals surface area contributed by atoms with E-state index in [1.165, 1.54) is 9.80 Å². The number of hydrogen-bond donors (Lipinski definition) is 1. The van der Waals surface area contributed by atoms with E-state index in [-0.39, 0.29) is 28.8 Å². The first-order valence-electron chi connectivity index (χ1n) is 10.7.